The van der Waals surface area contributed by atoms with E-state index in [4.69, 9.17) is 4.74 Å². The van der Waals surface area contributed by atoms with Crippen LogP contribution in [0.5, 0.6) is 5.75 Å². The third-order valence-electron chi connectivity index (χ3n) is 5.82. The first-order valence-corrected chi connectivity index (χ1v) is 8.68. The maximum absolute atomic E-state index is 11.2. The fourth-order valence-corrected chi connectivity index (χ4v) is 4.44. The number of benzene rings is 1. The molecule has 3 aliphatic heterocycles. The fourth-order valence-electron chi connectivity index (χ4n) is 4.44. The molecule has 3 saturated heterocycles. The number of aliphatic hydroxyl groups is 1. The molecule has 5 rings (SSSR count). The second-order valence-corrected chi connectivity index (χ2v) is 6.97. The molecule has 0 amide bonds. The van der Waals surface area contributed by atoms with Gasteiger partial charge in [0.05, 0.1) is 18.7 Å². The number of ether oxygens (including phenoxy) is 1. The number of hydrogen-bond acceptors (Lipinski definition) is 4. The Kier molecular flexibility index (Phi) is 5.08. The van der Waals surface area contributed by atoms with Crippen molar-refractivity contribution in [1.29, 1.82) is 0 Å². The minimum absolute atomic E-state index is 0. The Hall–Kier alpha value is -1.95. The summed E-state index contributed by atoms with van der Waals surface area (Å²) < 4.78 is 5.35. The van der Waals surface area contributed by atoms with Crippen LogP contribution < -0.4 is 4.74 Å². The van der Waals surface area contributed by atoms with E-state index in [1.54, 1.807) is 13.3 Å². The Morgan fingerprint density at radius 2 is 2.24 bits per heavy atom. The monoisotopic (exact) mass is 342 g/mol. The number of aromatic nitrogens is 1. The van der Waals surface area contributed by atoms with Crippen LogP contribution in [0.4, 0.5) is 0 Å². The number of hydrogen-bond donors (Lipinski definition) is 1. The molecule has 0 spiro atoms. The molecule has 5 nitrogen and oxygen atoms in total. The van der Waals surface area contributed by atoms with Crippen molar-refractivity contribution in [2.45, 2.75) is 25.0 Å². The standard InChI is InChI=1S/C20H24N2O2.H2O/c1-3-13-12-22-9-7-14(13)10-19(22)20(23)16-6-8-21-18-5-4-15(24-2)11-17(16)18;/h3-6,8,11,13-14,19-20,23H,1,7,9-10,12H2,2H3;1H2/t13-,14-,19-,20+;/m0./s1. The molecule has 5 heteroatoms. The molecule has 2 bridgehead atoms. The quantitative estimate of drug-likeness (QED) is 0.865. The fraction of sp³-hybridized carbons (Fsp3) is 0.450. The highest BCUT2D eigenvalue weighted by molar-refractivity contribution is 5.83. The van der Waals surface area contributed by atoms with Gasteiger partial charge in [-0.15, -0.1) is 6.58 Å². The summed E-state index contributed by atoms with van der Waals surface area (Å²) in [5.41, 5.74) is 1.85. The van der Waals surface area contributed by atoms with Crippen LogP contribution in [0.25, 0.3) is 10.9 Å². The zero-order chi connectivity index (χ0) is 16.7. The Morgan fingerprint density at radius 3 is 2.92 bits per heavy atom. The first-order valence-electron chi connectivity index (χ1n) is 8.68. The highest BCUT2D eigenvalue weighted by atomic mass is 16.5. The lowest BCUT2D eigenvalue weighted by Gasteiger charge is -2.50. The predicted octanol–water partition coefficient (Wildman–Crippen LogP) is 2.35. The topological polar surface area (TPSA) is 77.1 Å². The van der Waals surface area contributed by atoms with Crippen molar-refractivity contribution in [3.05, 3.63) is 48.7 Å². The minimum atomic E-state index is -0.504. The lowest BCUT2D eigenvalue weighted by molar-refractivity contribution is -0.0444. The summed E-state index contributed by atoms with van der Waals surface area (Å²) in [6, 6.07) is 7.96. The normalized spacial score (nSPS) is 29.0. The van der Waals surface area contributed by atoms with Crippen LogP contribution in [-0.4, -0.2) is 46.7 Å². The van der Waals surface area contributed by atoms with Crippen LogP contribution in [0.2, 0.25) is 0 Å². The van der Waals surface area contributed by atoms with Gasteiger partial charge in [0, 0.05) is 24.2 Å². The van der Waals surface area contributed by atoms with Crippen molar-refractivity contribution in [1.82, 2.24) is 9.88 Å². The number of aliphatic hydroxyl groups excluding tert-OH is 1. The Labute approximate surface area is 148 Å². The maximum atomic E-state index is 11.2. The van der Waals surface area contributed by atoms with Gasteiger partial charge in [-0.05, 0) is 61.1 Å². The van der Waals surface area contributed by atoms with Crippen molar-refractivity contribution in [2.75, 3.05) is 20.2 Å². The second-order valence-electron chi connectivity index (χ2n) is 6.97. The number of rotatable bonds is 4. The zero-order valence-electron chi connectivity index (χ0n) is 14.6. The molecule has 3 aliphatic rings. The molecule has 5 atom stereocenters. The molecule has 1 unspecified atom stereocenters. The SMILES string of the molecule is C=C[C@H]1CN2CC[C@H]1C[C@H]2[C@H](O)c1ccnc2ccc(OC)cc12.O. The van der Waals surface area contributed by atoms with Gasteiger partial charge in [-0.2, -0.15) is 0 Å². The Morgan fingerprint density at radius 1 is 1.40 bits per heavy atom. The smallest absolute Gasteiger partial charge is 0.119 e. The van der Waals surface area contributed by atoms with E-state index in [0.29, 0.717) is 11.8 Å². The van der Waals surface area contributed by atoms with Gasteiger partial charge < -0.3 is 15.3 Å². The minimum Gasteiger partial charge on any atom is -0.497 e. The molecule has 25 heavy (non-hydrogen) atoms. The molecule has 0 radical (unpaired) electrons. The average Bonchev–Trinajstić information content (AvgIpc) is 2.66. The molecular weight excluding hydrogens is 316 g/mol. The largest absolute Gasteiger partial charge is 0.497 e. The predicted molar refractivity (Wildman–Crippen MR) is 98.6 cm³/mol. The van der Waals surface area contributed by atoms with Crippen LogP contribution in [0.1, 0.15) is 24.5 Å². The molecular formula is C20H26N2O3. The third kappa shape index (κ3) is 3.03. The van der Waals surface area contributed by atoms with Gasteiger partial charge >= 0.3 is 0 Å². The molecule has 1 aromatic heterocycles. The van der Waals surface area contributed by atoms with E-state index in [0.717, 1.165) is 41.7 Å². The summed E-state index contributed by atoms with van der Waals surface area (Å²) in [5.74, 6) is 2.01. The van der Waals surface area contributed by atoms with E-state index in [1.807, 2.05) is 24.3 Å². The van der Waals surface area contributed by atoms with Gasteiger partial charge in [0.1, 0.15) is 5.75 Å². The van der Waals surface area contributed by atoms with Crippen molar-refractivity contribution < 1.29 is 15.3 Å². The van der Waals surface area contributed by atoms with Gasteiger partial charge in [0.15, 0.2) is 0 Å². The average molecular weight is 342 g/mol. The summed E-state index contributed by atoms with van der Waals surface area (Å²) in [4.78, 5) is 6.86. The van der Waals surface area contributed by atoms with E-state index in [9.17, 15) is 5.11 Å². The third-order valence-corrected chi connectivity index (χ3v) is 5.82. The van der Waals surface area contributed by atoms with Gasteiger partial charge in [-0.3, -0.25) is 9.88 Å². The van der Waals surface area contributed by atoms with Crippen LogP contribution in [0, 0.1) is 11.8 Å². The molecule has 3 N–H and O–H groups in total. The number of fused-ring (bicyclic) bond motifs is 4. The van der Waals surface area contributed by atoms with E-state index >= 15 is 0 Å². The number of pyridine rings is 1. The highest BCUT2D eigenvalue weighted by Crippen LogP contribution is 2.42. The molecule has 3 fully saturated rings. The summed E-state index contributed by atoms with van der Waals surface area (Å²) >= 11 is 0. The number of nitrogens with zero attached hydrogens (tertiary/aromatic N) is 2. The van der Waals surface area contributed by atoms with Gasteiger partial charge in [-0.1, -0.05) is 6.08 Å². The number of piperidine rings is 3. The van der Waals surface area contributed by atoms with Crippen molar-refractivity contribution >= 4 is 10.9 Å². The summed E-state index contributed by atoms with van der Waals surface area (Å²) in [6.07, 6.45) is 5.62. The first-order chi connectivity index (χ1) is 11.7. The van der Waals surface area contributed by atoms with Gasteiger partial charge in [0.25, 0.3) is 0 Å². The lowest BCUT2D eigenvalue weighted by atomic mass is 9.73. The van der Waals surface area contributed by atoms with Gasteiger partial charge in [0.2, 0.25) is 0 Å². The summed E-state index contributed by atoms with van der Waals surface area (Å²) in [5, 5.41) is 12.1. The Balaban J connectivity index is 0.00000182. The highest BCUT2D eigenvalue weighted by Gasteiger charge is 2.42. The molecule has 4 heterocycles. The number of methoxy groups -OCH3 is 1. The van der Waals surface area contributed by atoms with Crippen LogP contribution >= 0.6 is 0 Å². The van der Waals surface area contributed by atoms with E-state index in [2.05, 4.69) is 22.5 Å². The lowest BCUT2D eigenvalue weighted by Crippen LogP contribution is -2.54. The van der Waals surface area contributed by atoms with Crippen LogP contribution in [0.3, 0.4) is 0 Å². The van der Waals surface area contributed by atoms with Crippen LogP contribution in [-0.2, 0) is 0 Å². The zero-order valence-corrected chi connectivity index (χ0v) is 14.6. The summed E-state index contributed by atoms with van der Waals surface area (Å²) in [6.45, 7) is 6.07. The molecule has 0 saturated carbocycles. The van der Waals surface area contributed by atoms with Crippen LogP contribution in [0.15, 0.2) is 43.1 Å². The van der Waals surface area contributed by atoms with Gasteiger partial charge in [-0.25, -0.2) is 0 Å². The van der Waals surface area contributed by atoms with Crippen molar-refractivity contribution in [2.24, 2.45) is 11.8 Å². The van der Waals surface area contributed by atoms with E-state index in [1.165, 1.54) is 6.42 Å². The molecule has 134 valence electrons. The van der Waals surface area contributed by atoms with Crippen molar-refractivity contribution in [3.63, 3.8) is 0 Å². The molecule has 1 aromatic carbocycles. The molecule has 2 aromatic rings. The van der Waals surface area contributed by atoms with Crippen molar-refractivity contribution in [3.8, 4) is 5.75 Å². The Bertz CT molecular complexity index is 764. The van der Waals surface area contributed by atoms with E-state index < -0.39 is 6.10 Å². The molecule has 0 aliphatic carbocycles. The van der Waals surface area contributed by atoms with E-state index in [-0.39, 0.29) is 11.5 Å². The summed E-state index contributed by atoms with van der Waals surface area (Å²) in [7, 11) is 1.66. The maximum Gasteiger partial charge on any atom is 0.119 e. The second kappa shape index (κ2) is 7.12. The first kappa shape index (κ1) is 17.9.